The molecule has 4 atom stereocenters. The number of nitrogens with one attached hydrogen (secondary N) is 1. The number of aliphatic hydroxyl groups excluding tert-OH is 5. The van der Waals surface area contributed by atoms with E-state index in [1.807, 2.05) is 20.8 Å². The molecule has 0 bridgehead atoms. The minimum atomic E-state index is -2.82. The third kappa shape index (κ3) is 8.37. The molecule has 0 saturated carbocycles. The van der Waals surface area contributed by atoms with Crippen molar-refractivity contribution in [1.29, 1.82) is 0 Å². The Morgan fingerprint density at radius 2 is 1.46 bits per heavy atom. The van der Waals surface area contributed by atoms with Crippen molar-refractivity contribution in [2.24, 2.45) is 0 Å². The van der Waals surface area contributed by atoms with Crippen molar-refractivity contribution >= 4 is 14.7 Å². The molecule has 0 fully saturated rings. The van der Waals surface area contributed by atoms with E-state index in [2.05, 4.69) is 5.32 Å². The zero-order chi connectivity index (χ0) is 20.2. The molecule has 0 rings (SSSR count). The first-order chi connectivity index (χ1) is 12.3. The van der Waals surface area contributed by atoms with Gasteiger partial charge in [0.05, 0.1) is 6.61 Å². The molecular weight excluding hydrogens is 366 g/mol. The molecule has 1 amide bonds. The summed E-state index contributed by atoms with van der Waals surface area (Å²) in [6, 6.07) is 0.466. The minimum absolute atomic E-state index is 0.170. The van der Waals surface area contributed by atoms with Crippen LogP contribution in [-0.2, 0) is 18.1 Å². The summed E-state index contributed by atoms with van der Waals surface area (Å²) in [5.74, 6) is -0.904. The molecular formula is C15H33NO9Si. The molecule has 0 aliphatic heterocycles. The average molecular weight is 400 g/mol. The van der Waals surface area contributed by atoms with E-state index >= 15 is 0 Å². The van der Waals surface area contributed by atoms with E-state index in [4.69, 9.17) is 18.4 Å². The van der Waals surface area contributed by atoms with Gasteiger partial charge in [0.15, 0.2) is 6.10 Å². The number of rotatable bonds is 15. The number of carbonyl (C=O) groups excluding carboxylic acids is 1. The van der Waals surface area contributed by atoms with Gasteiger partial charge in [-0.25, -0.2) is 0 Å². The van der Waals surface area contributed by atoms with Gasteiger partial charge in [0.2, 0.25) is 0 Å². The van der Waals surface area contributed by atoms with Crippen LogP contribution in [-0.4, -0.2) is 97.6 Å². The van der Waals surface area contributed by atoms with Gasteiger partial charge in [-0.15, -0.1) is 0 Å². The van der Waals surface area contributed by atoms with Crippen LogP contribution in [0.15, 0.2) is 0 Å². The first kappa shape index (κ1) is 25.4. The molecule has 0 aromatic heterocycles. The van der Waals surface area contributed by atoms with Gasteiger partial charge >= 0.3 is 8.80 Å². The number of hydrogen-bond donors (Lipinski definition) is 6. The van der Waals surface area contributed by atoms with Crippen molar-refractivity contribution < 1.29 is 43.6 Å². The third-order valence-electron chi connectivity index (χ3n) is 3.58. The van der Waals surface area contributed by atoms with Crippen molar-refractivity contribution in [3.05, 3.63) is 0 Å². The number of aliphatic hydroxyl groups is 5. The molecule has 11 heteroatoms. The molecule has 0 saturated heterocycles. The highest BCUT2D eigenvalue weighted by Gasteiger charge is 2.40. The van der Waals surface area contributed by atoms with E-state index in [9.17, 15) is 25.2 Å². The summed E-state index contributed by atoms with van der Waals surface area (Å²) in [5.41, 5.74) is 0. The number of carbonyl (C=O) groups is 1. The molecule has 0 aliphatic carbocycles. The summed E-state index contributed by atoms with van der Waals surface area (Å²) in [4.78, 5) is 11.8. The molecule has 6 N–H and O–H groups in total. The van der Waals surface area contributed by atoms with E-state index in [1.54, 1.807) is 0 Å². The maximum atomic E-state index is 11.8. The second-order valence-corrected chi connectivity index (χ2v) is 8.28. The summed E-state index contributed by atoms with van der Waals surface area (Å²) < 4.78 is 17.0. The molecule has 0 aliphatic rings. The SMILES string of the molecule is CCO[Si](CCCNC(=O)[C@H](O)[C@H](O)[C@H](O)[C@@H](O)CO)(OCC)OCC. The van der Waals surface area contributed by atoms with Crippen molar-refractivity contribution in [3.63, 3.8) is 0 Å². The molecule has 0 aromatic carbocycles. The lowest BCUT2D eigenvalue weighted by Gasteiger charge is -2.28. The van der Waals surface area contributed by atoms with E-state index in [-0.39, 0.29) is 6.54 Å². The van der Waals surface area contributed by atoms with Gasteiger partial charge in [-0.2, -0.15) is 0 Å². The molecule has 0 aromatic rings. The Bertz CT molecular complexity index is 371. The largest absolute Gasteiger partial charge is 0.500 e. The summed E-state index contributed by atoms with van der Waals surface area (Å²) in [6.07, 6.45) is -6.93. The van der Waals surface area contributed by atoms with Gasteiger partial charge in [0, 0.05) is 32.4 Å². The zero-order valence-corrected chi connectivity index (χ0v) is 16.6. The minimum Gasteiger partial charge on any atom is -0.394 e. The Morgan fingerprint density at radius 1 is 0.962 bits per heavy atom. The molecule has 0 heterocycles. The van der Waals surface area contributed by atoms with Gasteiger partial charge in [0.25, 0.3) is 5.91 Å². The van der Waals surface area contributed by atoms with Gasteiger partial charge in [-0.1, -0.05) is 0 Å². The summed E-state index contributed by atoms with van der Waals surface area (Å²) in [7, 11) is -2.82. The fraction of sp³-hybridized carbons (Fsp3) is 0.933. The number of hydrogen-bond acceptors (Lipinski definition) is 9. The maximum Gasteiger partial charge on any atom is 0.500 e. The monoisotopic (exact) mass is 399 g/mol. The lowest BCUT2D eigenvalue weighted by Crippen LogP contribution is -2.52. The summed E-state index contributed by atoms with van der Waals surface area (Å²) in [6.45, 7) is 6.19. The van der Waals surface area contributed by atoms with Crippen molar-refractivity contribution in [3.8, 4) is 0 Å². The van der Waals surface area contributed by atoms with E-state index in [0.717, 1.165) is 0 Å². The fourth-order valence-electron chi connectivity index (χ4n) is 2.30. The summed E-state index contributed by atoms with van der Waals surface area (Å²) in [5, 5.41) is 49.3. The highest BCUT2D eigenvalue weighted by atomic mass is 28.4. The molecule has 0 unspecified atom stereocenters. The highest BCUT2D eigenvalue weighted by Crippen LogP contribution is 2.17. The average Bonchev–Trinajstić information content (AvgIpc) is 2.63. The highest BCUT2D eigenvalue weighted by molar-refractivity contribution is 6.60. The predicted octanol–water partition coefficient (Wildman–Crippen LogP) is -2.02. The van der Waals surface area contributed by atoms with Crippen LogP contribution in [0, 0.1) is 0 Å². The Hall–Kier alpha value is -0.633. The smallest absolute Gasteiger partial charge is 0.394 e. The normalized spacial score (nSPS) is 16.8. The van der Waals surface area contributed by atoms with Crippen LogP contribution in [0.5, 0.6) is 0 Å². The Morgan fingerprint density at radius 3 is 1.88 bits per heavy atom. The topological polar surface area (TPSA) is 158 Å². The van der Waals surface area contributed by atoms with Gasteiger partial charge in [0.1, 0.15) is 18.3 Å². The molecule has 0 radical (unpaired) electrons. The van der Waals surface area contributed by atoms with Crippen molar-refractivity contribution in [1.82, 2.24) is 5.32 Å². The van der Waals surface area contributed by atoms with E-state index in [0.29, 0.717) is 32.3 Å². The van der Waals surface area contributed by atoms with Crippen LogP contribution in [0.4, 0.5) is 0 Å². The maximum absolute atomic E-state index is 11.8. The summed E-state index contributed by atoms with van der Waals surface area (Å²) >= 11 is 0. The second-order valence-electron chi connectivity index (χ2n) is 5.55. The fourth-order valence-corrected chi connectivity index (χ4v) is 4.91. The van der Waals surface area contributed by atoms with Gasteiger partial charge in [-0.3, -0.25) is 4.79 Å². The molecule has 10 nitrogen and oxygen atoms in total. The van der Waals surface area contributed by atoms with Crippen LogP contribution in [0.2, 0.25) is 6.04 Å². The van der Waals surface area contributed by atoms with Crippen molar-refractivity contribution in [2.45, 2.75) is 57.7 Å². The first-order valence-corrected chi connectivity index (χ1v) is 10.7. The van der Waals surface area contributed by atoms with Crippen LogP contribution in [0.3, 0.4) is 0 Å². The number of amides is 1. The van der Waals surface area contributed by atoms with Gasteiger partial charge in [-0.05, 0) is 27.2 Å². The van der Waals surface area contributed by atoms with E-state index in [1.165, 1.54) is 0 Å². The lowest BCUT2D eigenvalue weighted by molar-refractivity contribution is -0.148. The van der Waals surface area contributed by atoms with Crippen LogP contribution < -0.4 is 5.32 Å². The molecule has 0 spiro atoms. The first-order valence-electron chi connectivity index (χ1n) is 8.81. The predicted molar refractivity (Wildman–Crippen MR) is 94.2 cm³/mol. The second kappa shape index (κ2) is 13.5. The zero-order valence-electron chi connectivity index (χ0n) is 15.6. The molecule has 26 heavy (non-hydrogen) atoms. The Labute approximate surface area is 155 Å². The molecule has 156 valence electrons. The van der Waals surface area contributed by atoms with Crippen LogP contribution in [0.1, 0.15) is 27.2 Å². The van der Waals surface area contributed by atoms with Crippen molar-refractivity contribution in [2.75, 3.05) is 33.0 Å². The Kier molecular flexibility index (Phi) is 13.2. The quantitative estimate of drug-likeness (QED) is 0.135. The lowest BCUT2D eigenvalue weighted by atomic mass is 10.0. The van der Waals surface area contributed by atoms with Crippen LogP contribution in [0.25, 0.3) is 0 Å². The van der Waals surface area contributed by atoms with Crippen LogP contribution >= 0.6 is 0 Å². The van der Waals surface area contributed by atoms with E-state index < -0.39 is 45.7 Å². The third-order valence-corrected chi connectivity index (χ3v) is 6.73. The van der Waals surface area contributed by atoms with Gasteiger partial charge < -0.3 is 44.1 Å². The Balaban J connectivity index is 4.49. The standard InChI is InChI=1S/C15H33NO9Si/c1-4-23-26(24-5-2,25-6-3)9-7-8-16-15(22)14(21)13(20)12(19)11(18)10-17/h11-14,17-21H,4-10H2,1-3H3,(H,16,22)/t11-,12+,13+,14+/m0/s1.